The van der Waals surface area contributed by atoms with E-state index in [1.165, 1.54) is 13.2 Å². The van der Waals surface area contributed by atoms with E-state index >= 15 is 0 Å². The lowest BCUT2D eigenvalue weighted by molar-refractivity contribution is 0.342. The van der Waals surface area contributed by atoms with Crippen molar-refractivity contribution in [1.29, 1.82) is 0 Å². The molecule has 4 nitrogen and oxygen atoms in total. The molecule has 1 heterocycles. The lowest BCUT2D eigenvalue weighted by Crippen LogP contribution is -2.00. The third-order valence-electron chi connectivity index (χ3n) is 1.77. The summed E-state index contributed by atoms with van der Waals surface area (Å²) in [6.45, 7) is 1.65. The Morgan fingerprint density at radius 3 is 2.93 bits per heavy atom. The predicted molar refractivity (Wildman–Crippen MR) is 52.3 cm³/mol. The van der Waals surface area contributed by atoms with E-state index in [4.69, 9.17) is 14.3 Å². The number of aliphatic hydroxyl groups excluding tert-OH is 1. The third kappa shape index (κ3) is 2.47. The normalized spacial score (nSPS) is 11.5. The van der Waals surface area contributed by atoms with Gasteiger partial charge < -0.3 is 14.3 Å². The van der Waals surface area contributed by atoms with Crippen molar-refractivity contribution in [3.63, 3.8) is 0 Å². The summed E-state index contributed by atoms with van der Waals surface area (Å²) in [5.41, 5.74) is 0.230. The van der Waals surface area contributed by atoms with E-state index < -0.39 is 5.63 Å². The highest BCUT2D eigenvalue weighted by molar-refractivity contribution is 5.59. The SMILES string of the molecule is COc1cc(/C(C)=C/CO)oc(=O)c1. The summed E-state index contributed by atoms with van der Waals surface area (Å²) >= 11 is 0. The molecule has 0 saturated carbocycles. The van der Waals surface area contributed by atoms with Gasteiger partial charge in [0, 0.05) is 6.07 Å². The third-order valence-corrected chi connectivity index (χ3v) is 1.77. The van der Waals surface area contributed by atoms with Crippen LogP contribution in [-0.2, 0) is 0 Å². The number of rotatable bonds is 3. The number of methoxy groups -OCH3 is 1. The van der Waals surface area contributed by atoms with Crippen molar-refractivity contribution in [3.8, 4) is 5.75 Å². The highest BCUT2D eigenvalue weighted by Gasteiger charge is 2.03. The van der Waals surface area contributed by atoms with Crippen molar-refractivity contribution < 1.29 is 14.3 Å². The zero-order valence-corrected chi connectivity index (χ0v) is 8.11. The average Bonchev–Trinajstić information content (AvgIpc) is 2.17. The van der Waals surface area contributed by atoms with Gasteiger partial charge in [-0.15, -0.1) is 0 Å². The van der Waals surface area contributed by atoms with Crippen molar-refractivity contribution in [3.05, 3.63) is 34.4 Å². The molecule has 14 heavy (non-hydrogen) atoms. The molecule has 1 rings (SSSR count). The first kappa shape index (κ1) is 10.5. The lowest BCUT2D eigenvalue weighted by atomic mass is 10.2. The molecule has 4 heteroatoms. The van der Waals surface area contributed by atoms with Gasteiger partial charge in [0.1, 0.15) is 11.5 Å². The van der Waals surface area contributed by atoms with Crippen LogP contribution in [0, 0.1) is 0 Å². The van der Waals surface area contributed by atoms with E-state index in [0.29, 0.717) is 17.1 Å². The molecule has 0 radical (unpaired) electrons. The maximum absolute atomic E-state index is 11.0. The Morgan fingerprint density at radius 1 is 1.64 bits per heavy atom. The average molecular weight is 196 g/mol. The van der Waals surface area contributed by atoms with Crippen LogP contribution in [-0.4, -0.2) is 18.8 Å². The van der Waals surface area contributed by atoms with Crippen molar-refractivity contribution in [2.75, 3.05) is 13.7 Å². The first-order chi connectivity index (χ1) is 6.67. The highest BCUT2D eigenvalue weighted by Crippen LogP contribution is 2.16. The van der Waals surface area contributed by atoms with Crippen LogP contribution < -0.4 is 10.4 Å². The molecule has 0 bridgehead atoms. The zero-order chi connectivity index (χ0) is 10.6. The Kier molecular flexibility index (Phi) is 3.48. The quantitative estimate of drug-likeness (QED) is 0.784. The minimum atomic E-state index is -0.468. The Hall–Kier alpha value is -1.55. The maximum atomic E-state index is 11.0. The molecule has 0 aliphatic rings. The number of hydrogen-bond acceptors (Lipinski definition) is 4. The van der Waals surface area contributed by atoms with E-state index in [1.807, 2.05) is 0 Å². The Balaban J connectivity index is 3.15. The van der Waals surface area contributed by atoms with Gasteiger partial charge in [-0.05, 0) is 12.5 Å². The molecule has 0 aliphatic heterocycles. The van der Waals surface area contributed by atoms with E-state index in [1.54, 1.807) is 19.1 Å². The van der Waals surface area contributed by atoms with E-state index in [2.05, 4.69) is 0 Å². The molecule has 0 aliphatic carbocycles. The van der Waals surface area contributed by atoms with E-state index in [9.17, 15) is 4.79 Å². The predicted octanol–water partition coefficient (Wildman–Crippen LogP) is 1.04. The van der Waals surface area contributed by atoms with Crippen molar-refractivity contribution >= 4 is 5.57 Å². The zero-order valence-electron chi connectivity index (χ0n) is 8.11. The summed E-state index contributed by atoms with van der Waals surface area (Å²) in [5.74, 6) is 0.852. The van der Waals surface area contributed by atoms with Crippen molar-refractivity contribution in [1.82, 2.24) is 0 Å². The molecule has 0 unspecified atom stereocenters. The molecule has 0 spiro atoms. The Labute approximate surface area is 81.4 Å². The molecule has 1 N–H and O–H groups in total. The fourth-order valence-electron chi connectivity index (χ4n) is 1.00. The van der Waals surface area contributed by atoms with Gasteiger partial charge in [-0.1, -0.05) is 6.08 Å². The largest absolute Gasteiger partial charge is 0.496 e. The molecule has 1 aromatic heterocycles. The van der Waals surface area contributed by atoms with Gasteiger partial charge in [-0.2, -0.15) is 0 Å². The van der Waals surface area contributed by atoms with Gasteiger partial charge in [0.15, 0.2) is 0 Å². The van der Waals surface area contributed by atoms with Gasteiger partial charge in [-0.3, -0.25) is 0 Å². The maximum Gasteiger partial charge on any atom is 0.339 e. The van der Waals surface area contributed by atoms with Crippen molar-refractivity contribution in [2.24, 2.45) is 0 Å². The van der Waals surface area contributed by atoms with Crippen LogP contribution in [0.2, 0.25) is 0 Å². The Bertz CT molecular complexity index is 389. The van der Waals surface area contributed by atoms with Gasteiger partial charge in [0.2, 0.25) is 0 Å². The monoisotopic (exact) mass is 196 g/mol. The topological polar surface area (TPSA) is 59.7 Å². The van der Waals surface area contributed by atoms with Crippen LogP contribution in [0.4, 0.5) is 0 Å². The second kappa shape index (κ2) is 4.62. The summed E-state index contributed by atoms with van der Waals surface area (Å²) in [6.07, 6.45) is 1.55. The Morgan fingerprint density at radius 2 is 2.36 bits per heavy atom. The fourth-order valence-corrected chi connectivity index (χ4v) is 1.00. The van der Waals surface area contributed by atoms with Crippen LogP contribution in [0.25, 0.3) is 5.57 Å². The smallest absolute Gasteiger partial charge is 0.339 e. The molecular weight excluding hydrogens is 184 g/mol. The molecule has 1 aromatic rings. The highest BCUT2D eigenvalue weighted by atomic mass is 16.5. The first-order valence-corrected chi connectivity index (χ1v) is 4.14. The van der Waals surface area contributed by atoms with Gasteiger partial charge >= 0.3 is 5.63 Å². The van der Waals surface area contributed by atoms with Gasteiger partial charge in [0.05, 0.1) is 19.8 Å². The molecule has 0 fully saturated rings. The second-order valence-corrected chi connectivity index (χ2v) is 2.75. The van der Waals surface area contributed by atoms with Crippen LogP contribution in [0.5, 0.6) is 5.75 Å². The van der Waals surface area contributed by atoms with Gasteiger partial charge in [0.25, 0.3) is 0 Å². The number of hydrogen-bond donors (Lipinski definition) is 1. The molecule has 76 valence electrons. The van der Waals surface area contributed by atoms with E-state index in [-0.39, 0.29) is 6.61 Å². The standard InChI is InChI=1S/C10H12O4/c1-7(3-4-11)9-5-8(13-2)6-10(12)14-9/h3,5-6,11H,4H2,1-2H3/b7-3+. The van der Waals surface area contributed by atoms with Gasteiger partial charge in [-0.25, -0.2) is 4.79 Å². The van der Waals surface area contributed by atoms with Crippen LogP contribution in [0.3, 0.4) is 0 Å². The van der Waals surface area contributed by atoms with Crippen LogP contribution >= 0.6 is 0 Å². The minimum absolute atomic E-state index is 0.0905. The van der Waals surface area contributed by atoms with E-state index in [0.717, 1.165) is 0 Å². The summed E-state index contributed by atoms with van der Waals surface area (Å²) in [6, 6.07) is 2.86. The molecule has 0 saturated heterocycles. The fraction of sp³-hybridized carbons (Fsp3) is 0.300. The number of allylic oxidation sites excluding steroid dienone is 1. The molecule has 0 atom stereocenters. The minimum Gasteiger partial charge on any atom is -0.496 e. The van der Waals surface area contributed by atoms with Crippen LogP contribution in [0.15, 0.2) is 27.4 Å². The lowest BCUT2D eigenvalue weighted by Gasteiger charge is -2.02. The number of ether oxygens (including phenoxy) is 1. The molecular formula is C10H12O4. The number of aliphatic hydroxyl groups is 1. The summed E-state index contributed by atoms with van der Waals surface area (Å²) < 4.78 is 9.83. The second-order valence-electron chi connectivity index (χ2n) is 2.75. The first-order valence-electron chi connectivity index (χ1n) is 4.14. The van der Waals surface area contributed by atoms with Crippen molar-refractivity contribution in [2.45, 2.75) is 6.92 Å². The molecule has 0 aromatic carbocycles. The van der Waals surface area contributed by atoms with Crippen LogP contribution in [0.1, 0.15) is 12.7 Å². The summed E-state index contributed by atoms with van der Waals surface area (Å²) in [7, 11) is 1.48. The molecule has 0 amide bonds. The summed E-state index contributed by atoms with van der Waals surface area (Å²) in [4.78, 5) is 11.0. The summed E-state index contributed by atoms with van der Waals surface area (Å²) in [5, 5.41) is 8.67.